The minimum Gasteiger partial charge on any atom is -0.351 e. The highest BCUT2D eigenvalue weighted by Crippen LogP contribution is 2.29. The van der Waals surface area contributed by atoms with Crippen molar-refractivity contribution < 1.29 is 13.2 Å². The second-order valence-electron chi connectivity index (χ2n) is 8.21. The maximum atomic E-state index is 12.9. The maximum absolute atomic E-state index is 12.9. The van der Waals surface area contributed by atoms with Gasteiger partial charge in [0.1, 0.15) is 4.21 Å². The van der Waals surface area contributed by atoms with Crippen molar-refractivity contribution in [3.8, 4) is 0 Å². The number of nitrogens with zero attached hydrogens (tertiary/aromatic N) is 1. The first-order valence-electron chi connectivity index (χ1n) is 9.70. The molecular formula is C21H27ClN2O3S2. The zero-order valence-electron chi connectivity index (χ0n) is 16.9. The first kappa shape index (κ1) is 22.3. The third-order valence-electron chi connectivity index (χ3n) is 5.12. The van der Waals surface area contributed by atoms with Gasteiger partial charge in [0.2, 0.25) is 5.91 Å². The van der Waals surface area contributed by atoms with Crippen molar-refractivity contribution >= 4 is 38.9 Å². The van der Waals surface area contributed by atoms with Gasteiger partial charge in [-0.1, -0.05) is 29.8 Å². The van der Waals surface area contributed by atoms with E-state index >= 15 is 0 Å². The Labute approximate surface area is 182 Å². The predicted octanol–water partition coefficient (Wildman–Crippen LogP) is 4.25. The Morgan fingerprint density at radius 1 is 1.28 bits per heavy atom. The number of halogens is 1. The number of carbonyl (C=O) groups excluding carboxylic acids is 1. The molecule has 0 saturated carbocycles. The van der Waals surface area contributed by atoms with Crippen LogP contribution >= 0.6 is 22.9 Å². The van der Waals surface area contributed by atoms with E-state index in [-0.39, 0.29) is 18.4 Å². The van der Waals surface area contributed by atoms with E-state index in [4.69, 9.17) is 11.6 Å². The lowest BCUT2D eigenvalue weighted by atomic mass is 9.92. The molecule has 2 heterocycles. The van der Waals surface area contributed by atoms with E-state index in [2.05, 4.69) is 5.32 Å². The van der Waals surface area contributed by atoms with Crippen LogP contribution in [-0.2, 0) is 21.2 Å². The first-order chi connectivity index (χ1) is 13.6. The summed E-state index contributed by atoms with van der Waals surface area (Å²) in [5, 5.41) is 3.78. The van der Waals surface area contributed by atoms with Crippen LogP contribution in [0.3, 0.4) is 0 Å². The highest BCUT2D eigenvalue weighted by Gasteiger charge is 2.35. The molecule has 8 heteroatoms. The summed E-state index contributed by atoms with van der Waals surface area (Å²) in [4.78, 5) is 13.9. The standard InChI is InChI=1S/C21H27ClN2O3S2/c1-15-10-11-19(28-15)29(26,27)24-12-6-8-17(14-24)20(25)23-21(2,3)13-16-7-4-5-9-18(16)22/h4-5,7,9-11,17H,6,8,12-14H2,1-3H3,(H,23,25). The molecule has 1 saturated heterocycles. The Bertz CT molecular complexity index is 985. The Balaban J connectivity index is 1.67. The number of rotatable bonds is 6. The van der Waals surface area contributed by atoms with E-state index in [1.165, 1.54) is 15.6 Å². The minimum atomic E-state index is -3.55. The second kappa shape index (κ2) is 8.76. The number of piperidine rings is 1. The average Bonchev–Trinajstić information content (AvgIpc) is 3.10. The van der Waals surface area contributed by atoms with Gasteiger partial charge >= 0.3 is 0 Å². The van der Waals surface area contributed by atoms with Gasteiger partial charge in [-0.3, -0.25) is 4.79 Å². The predicted molar refractivity (Wildman–Crippen MR) is 118 cm³/mol. The summed E-state index contributed by atoms with van der Waals surface area (Å²) in [5.74, 6) is -0.464. The quantitative estimate of drug-likeness (QED) is 0.709. The van der Waals surface area contributed by atoms with Gasteiger partial charge < -0.3 is 5.32 Å². The fourth-order valence-electron chi connectivity index (χ4n) is 3.65. The molecule has 29 heavy (non-hydrogen) atoms. The largest absolute Gasteiger partial charge is 0.351 e. The van der Waals surface area contributed by atoms with Crippen LogP contribution in [0.5, 0.6) is 0 Å². The molecule has 1 unspecified atom stereocenters. The molecule has 1 atom stereocenters. The molecule has 1 aromatic carbocycles. The molecule has 5 nitrogen and oxygen atoms in total. The van der Waals surface area contributed by atoms with E-state index in [1.54, 1.807) is 6.07 Å². The molecule has 1 N–H and O–H groups in total. The number of aryl methyl sites for hydroxylation is 1. The molecular weight excluding hydrogens is 428 g/mol. The monoisotopic (exact) mass is 454 g/mol. The lowest BCUT2D eigenvalue weighted by Gasteiger charge is -2.34. The number of thiophene rings is 1. The van der Waals surface area contributed by atoms with Gasteiger partial charge in [-0.05, 0) is 63.8 Å². The normalized spacial score (nSPS) is 18.6. The minimum absolute atomic E-state index is 0.107. The number of hydrogen-bond donors (Lipinski definition) is 1. The summed E-state index contributed by atoms with van der Waals surface area (Å²) < 4.78 is 27.6. The van der Waals surface area contributed by atoms with E-state index in [9.17, 15) is 13.2 Å². The molecule has 3 rings (SSSR count). The number of nitrogens with one attached hydrogen (secondary N) is 1. The van der Waals surface area contributed by atoms with Crippen LogP contribution in [0.2, 0.25) is 5.02 Å². The lowest BCUT2D eigenvalue weighted by Crippen LogP contribution is -2.51. The Kier molecular flexibility index (Phi) is 6.73. The first-order valence-corrected chi connectivity index (χ1v) is 12.3. The van der Waals surface area contributed by atoms with Crippen molar-refractivity contribution in [3.63, 3.8) is 0 Å². The highest BCUT2D eigenvalue weighted by atomic mass is 35.5. The number of hydrogen-bond acceptors (Lipinski definition) is 4. The second-order valence-corrected chi connectivity index (χ2v) is 12.1. The third-order valence-corrected chi connectivity index (χ3v) is 8.82. The molecule has 1 aromatic heterocycles. The van der Waals surface area contributed by atoms with Crippen molar-refractivity contribution in [1.82, 2.24) is 9.62 Å². The van der Waals surface area contributed by atoms with Crippen LogP contribution in [-0.4, -0.2) is 37.3 Å². The molecule has 0 bridgehead atoms. The highest BCUT2D eigenvalue weighted by molar-refractivity contribution is 7.91. The van der Waals surface area contributed by atoms with Gasteiger partial charge in [0.25, 0.3) is 10.0 Å². The lowest BCUT2D eigenvalue weighted by molar-refractivity contribution is -0.127. The molecule has 1 aliphatic heterocycles. The fraction of sp³-hybridized carbons (Fsp3) is 0.476. The number of amides is 1. The van der Waals surface area contributed by atoms with Gasteiger partial charge in [-0.2, -0.15) is 4.31 Å². The van der Waals surface area contributed by atoms with Crippen LogP contribution in [0, 0.1) is 12.8 Å². The van der Waals surface area contributed by atoms with Gasteiger partial charge in [0.05, 0.1) is 5.92 Å². The molecule has 0 spiro atoms. The third kappa shape index (κ3) is 5.40. The van der Waals surface area contributed by atoms with E-state index < -0.39 is 15.6 Å². The Morgan fingerprint density at radius 2 is 2.00 bits per heavy atom. The van der Waals surface area contributed by atoms with Gasteiger partial charge in [0, 0.05) is 28.5 Å². The van der Waals surface area contributed by atoms with Gasteiger partial charge in [-0.15, -0.1) is 11.3 Å². The van der Waals surface area contributed by atoms with Crippen molar-refractivity contribution in [2.24, 2.45) is 5.92 Å². The van der Waals surface area contributed by atoms with Crippen molar-refractivity contribution in [2.75, 3.05) is 13.1 Å². The van der Waals surface area contributed by atoms with E-state index in [0.29, 0.717) is 35.0 Å². The molecule has 158 valence electrons. The zero-order valence-corrected chi connectivity index (χ0v) is 19.3. The molecule has 1 fully saturated rings. The van der Waals surface area contributed by atoms with Crippen molar-refractivity contribution in [2.45, 2.75) is 49.8 Å². The number of carbonyl (C=O) groups is 1. The number of sulfonamides is 1. The smallest absolute Gasteiger partial charge is 0.252 e. The zero-order chi connectivity index (χ0) is 21.2. The molecule has 0 radical (unpaired) electrons. The van der Waals surface area contributed by atoms with Crippen LogP contribution in [0.4, 0.5) is 0 Å². The topological polar surface area (TPSA) is 66.5 Å². The van der Waals surface area contributed by atoms with Crippen molar-refractivity contribution in [3.05, 3.63) is 51.9 Å². The summed E-state index contributed by atoms with van der Waals surface area (Å²) in [6.07, 6.45) is 1.96. The molecule has 2 aromatic rings. The molecule has 1 amide bonds. The van der Waals surface area contributed by atoms with Crippen molar-refractivity contribution in [1.29, 1.82) is 0 Å². The van der Waals surface area contributed by atoms with Crippen LogP contribution in [0.15, 0.2) is 40.6 Å². The summed E-state index contributed by atoms with van der Waals surface area (Å²) in [6, 6.07) is 11.0. The van der Waals surface area contributed by atoms with Gasteiger partial charge in [0.15, 0.2) is 0 Å². The van der Waals surface area contributed by atoms with Crippen LogP contribution in [0.1, 0.15) is 37.1 Å². The summed E-state index contributed by atoms with van der Waals surface area (Å²) in [5.41, 5.74) is 0.481. The summed E-state index contributed by atoms with van der Waals surface area (Å²) in [7, 11) is -3.55. The fourth-order valence-corrected chi connectivity index (χ4v) is 6.81. The molecule has 1 aliphatic rings. The Morgan fingerprint density at radius 3 is 2.66 bits per heavy atom. The SMILES string of the molecule is Cc1ccc(S(=O)(=O)N2CCCC(C(=O)NC(C)(C)Cc3ccccc3Cl)C2)s1. The van der Waals surface area contributed by atoms with E-state index in [1.807, 2.05) is 51.1 Å². The van der Waals surface area contributed by atoms with Gasteiger partial charge in [-0.25, -0.2) is 8.42 Å². The maximum Gasteiger partial charge on any atom is 0.252 e. The summed E-state index contributed by atoms with van der Waals surface area (Å²) >= 11 is 7.53. The molecule has 0 aliphatic carbocycles. The number of benzene rings is 1. The summed E-state index contributed by atoms with van der Waals surface area (Å²) in [6.45, 7) is 6.47. The Hall–Kier alpha value is -1.41. The van der Waals surface area contributed by atoms with Crippen LogP contribution < -0.4 is 5.32 Å². The van der Waals surface area contributed by atoms with E-state index in [0.717, 1.165) is 10.4 Å². The van der Waals surface area contributed by atoms with Crippen LogP contribution in [0.25, 0.3) is 0 Å². The average molecular weight is 455 g/mol.